The Morgan fingerprint density at radius 3 is 2.41 bits per heavy atom. The number of rotatable bonds is 8. The van der Waals surface area contributed by atoms with Crippen LogP contribution in [0.1, 0.15) is 18.1 Å². The van der Waals surface area contributed by atoms with Crippen LogP contribution < -0.4 is 25.3 Å². The smallest absolute Gasteiger partial charge is 0.238 e. The van der Waals surface area contributed by atoms with Gasteiger partial charge in [0.05, 0.1) is 44.7 Å². The van der Waals surface area contributed by atoms with Gasteiger partial charge in [-0.3, -0.25) is 4.79 Å². The minimum atomic E-state index is -0.337. The molecule has 0 bridgehead atoms. The van der Waals surface area contributed by atoms with E-state index < -0.39 is 0 Å². The lowest BCUT2D eigenvalue weighted by Gasteiger charge is -2.12. The predicted molar refractivity (Wildman–Crippen MR) is 116 cm³/mol. The molecule has 0 spiro atoms. The van der Waals surface area contributed by atoms with Crippen LogP contribution in [0.5, 0.6) is 17.2 Å². The zero-order chi connectivity index (χ0) is 20.5. The topological polar surface area (TPSA) is 107 Å². The van der Waals surface area contributed by atoms with Gasteiger partial charge in [-0.05, 0) is 54.5 Å². The summed E-state index contributed by atoms with van der Waals surface area (Å²) in [5.74, 6) is 1.32. The first-order chi connectivity index (χ1) is 13.6. The van der Waals surface area contributed by atoms with Crippen LogP contribution in [0.4, 0.5) is 5.69 Å². The number of nitrogens with zero attached hydrogens (tertiary/aromatic N) is 1. The zero-order valence-electron chi connectivity index (χ0n) is 16.5. The third-order valence-electron chi connectivity index (χ3n) is 3.89. The molecule has 1 amide bonds. The third kappa shape index (κ3) is 6.14. The van der Waals surface area contributed by atoms with Gasteiger partial charge in [0.1, 0.15) is 5.75 Å². The number of allylic oxidation sites excluding steroid dienone is 1. The van der Waals surface area contributed by atoms with Crippen molar-refractivity contribution in [2.24, 2.45) is 5.73 Å². The van der Waals surface area contributed by atoms with Gasteiger partial charge in [0.25, 0.3) is 0 Å². The van der Waals surface area contributed by atoms with Crippen molar-refractivity contribution in [1.29, 1.82) is 5.26 Å². The number of benzene rings is 2. The number of carbonyl (C=O) groups is 1. The van der Waals surface area contributed by atoms with Crippen molar-refractivity contribution < 1.29 is 19.0 Å². The Morgan fingerprint density at radius 2 is 1.83 bits per heavy atom. The molecule has 0 aliphatic rings. The zero-order valence-corrected chi connectivity index (χ0v) is 17.3. The summed E-state index contributed by atoms with van der Waals surface area (Å²) in [6.07, 6.45) is 1.72. The summed E-state index contributed by atoms with van der Waals surface area (Å²) in [6, 6.07) is 12.7. The number of hydrogen-bond donors (Lipinski definition) is 2. The first-order valence-corrected chi connectivity index (χ1v) is 8.67. The van der Waals surface area contributed by atoms with Gasteiger partial charge >= 0.3 is 0 Å². The lowest BCUT2D eigenvalue weighted by Crippen LogP contribution is -2.22. The highest BCUT2D eigenvalue weighted by Gasteiger charge is 2.11. The average Bonchev–Trinajstić information content (AvgIpc) is 2.72. The van der Waals surface area contributed by atoms with Crippen molar-refractivity contribution in [1.82, 2.24) is 0 Å². The Kier molecular flexibility index (Phi) is 9.52. The highest BCUT2D eigenvalue weighted by Crippen LogP contribution is 2.32. The first kappa shape index (κ1) is 23.8. The summed E-state index contributed by atoms with van der Waals surface area (Å²) in [5.41, 5.74) is 7.69. The van der Waals surface area contributed by atoms with Crippen LogP contribution in [-0.4, -0.2) is 33.3 Å². The van der Waals surface area contributed by atoms with Crippen LogP contribution in [0.3, 0.4) is 0 Å². The summed E-state index contributed by atoms with van der Waals surface area (Å²) in [5, 5.41) is 12.3. The molecule has 0 radical (unpaired) electrons. The Morgan fingerprint density at radius 1 is 1.14 bits per heavy atom. The van der Waals surface area contributed by atoms with E-state index in [0.717, 1.165) is 5.56 Å². The molecule has 0 saturated heterocycles. The van der Waals surface area contributed by atoms with Gasteiger partial charge in [-0.15, -0.1) is 12.4 Å². The average molecular weight is 418 g/mol. The van der Waals surface area contributed by atoms with Gasteiger partial charge in [-0.25, -0.2) is 0 Å². The molecule has 0 aliphatic heterocycles. The molecule has 2 aromatic carbocycles. The van der Waals surface area contributed by atoms with Crippen LogP contribution in [0.2, 0.25) is 0 Å². The van der Waals surface area contributed by atoms with Crippen molar-refractivity contribution in [2.45, 2.75) is 6.92 Å². The normalized spacial score (nSPS) is 10.4. The van der Waals surface area contributed by atoms with Gasteiger partial charge in [-0.2, -0.15) is 5.26 Å². The van der Waals surface area contributed by atoms with Gasteiger partial charge in [0.2, 0.25) is 5.91 Å². The van der Waals surface area contributed by atoms with Crippen LogP contribution in [0.15, 0.2) is 36.4 Å². The van der Waals surface area contributed by atoms with Gasteiger partial charge in [0, 0.05) is 0 Å². The maximum absolute atomic E-state index is 11.6. The minimum absolute atomic E-state index is 0. The van der Waals surface area contributed by atoms with Crippen molar-refractivity contribution in [2.75, 3.05) is 32.7 Å². The number of nitrogens with one attached hydrogen (secondary N) is 1. The largest absolute Gasteiger partial charge is 0.495 e. The Labute approximate surface area is 176 Å². The van der Waals surface area contributed by atoms with Crippen LogP contribution in [0.25, 0.3) is 11.6 Å². The molecular formula is C21H24ClN3O4. The quantitative estimate of drug-likeness (QED) is 0.503. The lowest BCUT2D eigenvalue weighted by atomic mass is 10.0. The van der Waals surface area contributed by atoms with E-state index in [1.165, 1.54) is 7.11 Å². The number of ether oxygens (including phenoxy) is 3. The summed E-state index contributed by atoms with van der Waals surface area (Å²) in [7, 11) is 3.07. The molecule has 2 aromatic rings. The van der Waals surface area contributed by atoms with Crippen molar-refractivity contribution in [3.8, 4) is 23.3 Å². The first-order valence-electron chi connectivity index (χ1n) is 8.67. The van der Waals surface area contributed by atoms with Gasteiger partial charge in [-0.1, -0.05) is 6.07 Å². The number of anilines is 1. The van der Waals surface area contributed by atoms with Crippen LogP contribution in [0, 0.1) is 11.3 Å². The summed E-state index contributed by atoms with van der Waals surface area (Å²) in [4.78, 5) is 11.6. The second-order valence-electron chi connectivity index (χ2n) is 5.68. The van der Waals surface area contributed by atoms with Crippen molar-refractivity contribution >= 4 is 35.7 Å². The molecule has 3 N–H and O–H groups in total. The number of methoxy groups -OCH3 is 2. The third-order valence-corrected chi connectivity index (χ3v) is 3.89. The Balaban J connectivity index is 0.00000420. The maximum atomic E-state index is 11.6. The Bertz CT molecular complexity index is 923. The van der Waals surface area contributed by atoms with Crippen LogP contribution >= 0.6 is 12.4 Å². The molecule has 0 fully saturated rings. The molecule has 8 heteroatoms. The molecule has 0 unspecified atom stereocenters. The number of carbonyl (C=O) groups excluding carboxylic acids is 1. The standard InChI is InChI=1S/C21H23N3O4.ClH/c1-4-28-20-11-15(6-8-19(20)27-3)16(12-22)9-14-5-7-18(26-2)17(10-14)24-21(25)13-23;/h5-11H,4,13,23H2,1-3H3,(H,24,25);1H/b16-9+;. The van der Waals surface area contributed by atoms with Gasteiger partial charge in [0.15, 0.2) is 11.5 Å². The summed E-state index contributed by atoms with van der Waals surface area (Å²) < 4.78 is 16.1. The highest BCUT2D eigenvalue weighted by atomic mass is 35.5. The van der Waals surface area contributed by atoms with E-state index >= 15 is 0 Å². The molecule has 0 aliphatic carbocycles. The molecular weight excluding hydrogens is 394 g/mol. The van der Waals surface area contributed by atoms with E-state index in [9.17, 15) is 10.1 Å². The molecule has 29 heavy (non-hydrogen) atoms. The fourth-order valence-corrected chi connectivity index (χ4v) is 2.57. The SMILES string of the molecule is CCOc1cc(/C(C#N)=C/c2ccc(OC)c(NC(=O)CN)c2)ccc1OC.Cl. The monoisotopic (exact) mass is 417 g/mol. The number of hydrogen-bond acceptors (Lipinski definition) is 6. The molecule has 0 heterocycles. The van der Waals surface area contributed by atoms with Crippen LogP contribution in [-0.2, 0) is 4.79 Å². The number of nitrogens with two attached hydrogens (primary N) is 1. The predicted octanol–water partition coefficient (Wildman–Crippen LogP) is 3.49. The fraction of sp³-hybridized carbons (Fsp3) is 0.238. The number of halogens is 1. The Hall–Kier alpha value is -3.21. The van der Waals surface area contributed by atoms with E-state index in [4.69, 9.17) is 19.9 Å². The van der Waals surface area contributed by atoms with E-state index in [1.807, 2.05) is 6.92 Å². The van der Waals surface area contributed by atoms with Gasteiger partial charge < -0.3 is 25.3 Å². The fourth-order valence-electron chi connectivity index (χ4n) is 2.57. The summed E-state index contributed by atoms with van der Waals surface area (Å²) >= 11 is 0. The van der Waals surface area contributed by atoms with Crippen molar-refractivity contribution in [3.63, 3.8) is 0 Å². The molecule has 7 nitrogen and oxygen atoms in total. The molecule has 2 rings (SSSR count). The maximum Gasteiger partial charge on any atom is 0.238 e. The van der Waals surface area contributed by atoms with Crippen molar-refractivity contribution in [3.05, 3.63) is 47.5 Å². The van der Waals surface area contributed by atoms with E-state index in [0.29, 0.717) is 40.7 Å². The number of nitriles is 1. The lowest BCUT2D eigenvalue weighted by molar-refractivity contribution is -0.114. The molecule has 0 aromatic heterocycles. The summed E-state index contributed by atoms with van der Waals surface area (Å²) in [6.45, 7) is 2.22. The number of amides is 1. The molecule has 154 valence electrons. The second-order valence-corrected chi connectivity index (χ2v) is 5.68. The van der Waals surface area contributed by atoms with E-state index in [-0.39, 0.29) is 24.9 Å². The second kappa shape index (κ2) is 11.6. The minimum Gasteiger partial charge on any atom is -0.495 e. The van der Waals surface area contributed by atoms with E-state index in [1.54, 1.807) is 49.6 Å². The molecule has 0 saturated carbocycles. The highest BCUT2D eigenvalue weighted by molar-refractivity contribution is 5.95. The molecule has 0 atom stereocenters. The van der Waals surface area contributed by atoms with E-state index in [2.05, 4.69) is 11.4 Å².